The first-order valence-corrected chi connectivity index (χ1v) is 7.31. The zero-order valence-corrected chi connectivity index (χ0v) is 12.3. The lowest BCUT2D eigenvalue weighted by Crippen LogP contribution is -2.05. The maximum absolute atomic E-state index is 5.61. The predicted octanol–water partition coefficient (Wildman–Crippen LogP) is 3.50. The number of benzene rings is 1. The molecule has 2 rings (SSSR count). The average Bonchev–Trinajstić information content (AvgIpc) is 2.85. The van der Waals surface area contributed by atoms with Gasteiger partial charge in [-0.05, 0) is 38.0 Å². The molecule has 0 atom stereocenters. The summed E-state index contributed by atoms with van der Waals surface area (Å²) >= 11 is 1.61. The molecule has 1 N–H and O–H groups in total. The first-order chi connectivity index (χ1) is 9.17. The molecule has 0 fully saturated rings. The fourth-order valence-corrected chi connectivity index (χ4v) is 2.28. The number of anilines is 1. The van der Waals surface area contributed by atoms with E-state index in [1.54, 1.807) is 11.3 Å². The standard InChI is InChI=1S/C14H19N3OS/c1-4-13-16-17-14(19-13)15-9-11-5-7-12(8-6-11)18-10(2)3/h5-8,10H,4,9H2,1-3H3,(H,15,17). The summed E-state index contributed by atoms with van der Waals surface area (Å²) in [7, 11) is 0. The normalized spacial score (nSPS) is 10.7. The summed E-state index contributed by atoms with van der Waals surface area (Å²) in [5, 5.41) is 13.4. The van der Waals surface area contributed by atoms with Gasteiger partial charge in [0.15, 0.2) is 0 Å². The molecule has 1 aromatic heterocycles. The average molecular weight is 277 g/mol. The van der Waals surface area contributed by atoms with Crippen LogP contribution in [-0.2, 0) is 13.0 Å². The van der Waals surface area contributed by atoms with Crippen molar-refractivity contribution < 1.29 is 4.74 Å². The van der Waals surface area contributed by atoms with Gasteiger partial charge in [0.2, 0.25) is 5.13 Å². The van der Waals surface area contributed by atoms with Gasteiger partial charge in [-0.2, -0.15) is 0 Å². The molecule has 102 valence electrons. The van der Waals surface area contributed by atoms with Gasteiger partial charge in [-0.3, -0.25) is 0 Å². The van der Waals surface area contributed by atoms with Crippen LogP contribution in [0.1, 0.15) is 31.3 Å². The molecule has 4 nitrogen and oxygen atoms in total. The summed E-state index contributed by atoms with van der Waals surface area (Å²) in [5.41, 5.74) is 1.20. The summed E-state index contributed by atoms with van der Waals surface area (Å²) in [6.45, 7) is 6.88. The number of aromatic nitrogens is 2. The van der Waals surface area contributed by atoms with E-state index < -0.39 is 0 Å². The van der Waals surface area contributed by atoms with E-state index in [-0.39, 0.29) is 6.10 Å². The van der Waals surface area contributed by atoms with Crippen molar-refractivity contribution in [3.8, 4) is 5.75 Å². The van der Waals surface area contributed by atoms with Gasteiger partial charge in [0, 0.05) is 6.54 Å². The Labute approximate surface area is 117 Å². The van der Waals surface area contributed by atoms with E-state index in [0.29, 0.717) is 0 Å². The fourth-order valence-electron chi connectivity index (χ4n) is 1.60. The van der Waals surface area contributed by atoms with Gasteiger partial charge in [-0.1, -0.05) is 30.4 Å². The predicted molar refractivity (Wildman–Crippen MR) is 78.8 cm³/mol. The third-order valence-electron chi connectivity index (χ3n) is 2.51. The Morgan fingerprint density at radius 2 is 1.95 bits per heavy atom. The van der Waals surface area contributed by atoms with Crippen molar-refractivity contribution in [3.63, 3.8) is 0 Å². The number of nitrogens with zero attached hydrogens (tertiary/aromatic N) is 2. The Balaban J connectivity index is 1.89. The second-order valence-corrected chi connectivity index (χ2v) is 5.58. The highest BCUT2D eigenvalue weighted by molar-refractivity contribution is 7.15. The van der Waals surface area contributed by atoms with E-state index in [2.05, 4.69) is 34.6 Å². The number of aryl methyl sites for hydroxylation is 1. The zero-order chi connectivity index (χ0) is 13.7. The van der Waals surface area contributed by atoms with Crippen molar-refractivity contribution in [3.05, 3.63) is 34.8 Å². The largest absolute Gasteiger partial charge is 0.491 e. The van der Waals surface area contributed by atoms with E-state index in [1.165, 1.54) is 5.56 Å². The highest BCUT2D eigenvalue weighted by Gasteiger charge is 2.02. The van der Waals surface area contributed by atoms with Gasteiger partial charge >= 0.3 is 0 Å². The lowest BCUT2D eigenvalue weighted by atomic mass is 10.2. The Kier molecular flexibility index (Phi) is 4.74. The minimum atomic E-state index is 0.206. The molecular weight excluding hydrogens is 258 g/mol. The number of nitrogens with one attached hydrogen (secondary N) is 1. The molecule has 0 radical (unpaired) electrons. The highest BCUT2D eigenvalue weighted by Crippen LogP contribution is 2.18. The molecule has 0 unspecified atom stereocenters. The van der Waals surface area contributed by atoms with Gasteiger partial charge in [0.25, 0.3) is 0 Å². The number of rotatable bonds is 6. The Morgan fingerprint density at radius 3 is 2.53 bits per heavy atom. The van der Waals surface area contributed by atoms with Crippen molar-refractivity contribution in [2.75, 3.05) is 5.32 Å². The van der Waals surface area contributed by atoms with Crippen LogP contribution in [0.3, 0.4) is 0 Å². The monoisotopic (exact) mass is 277 g/mol. The van der Waals surface area contributed by atoms with E-state index in [9.17, 15) is 0 Å². The SMILES string of the molecule is CCc1nnc(NCc2ccc(OC(C)C)cc2)s1. The van der Waals surface area contributed by atoms with Crippen LogP contribution in [0.4, 0.5) is 5.13 Å². The van der Waals surface area contributed by atoms with Crippen molar-refractivity contribution >= 4 is 16.5 Å². The molecule has 0 aliphatic rings. The molecule has 0 aliphatic heterocycles. The van der Waals surface area contributed by atoms with Gasteiger partial charge in [-0.25, -0.2) is 0 Å². The van der Waals surface area contributed by atoms with E-state index in [4.69, 9.17) is 4.74 Å². The minimum absolute atomic E-state index is 0.206. The summed E-state index contributed by atoms with van der Waals surface area (Å²) in [5.74, 6) is 0.905. The first-order valence-electron chi connectivity index (χ1n) is 6.49. The van der Waals surface area contributed by atoms with Crippen LogP contribution in [0.5, 0.6) is 5.75 Å². The molecule has 0 bridgehead atoms. The lowest BCUT2D eigenvalue weighted by Gasteiger charge is -2.10. The van der Waals surface area contributed by atoms with E-state index >= 15 is 0 Å². The minimum Gasteiger partial charge on any atom is -0.491 e. The third kappa shape index (κ3) is 4.21. The molecule has 2 aromatic rings. The summed E-state index contributed by atoms with van der Waals surface area (Å²) in [6, 6.07) is 8.11. The fraction of sp³-hybridized carbons (Fsp3) is 0.429. The molecule has 1 aromatic carbocycles. The van der Waals surface area contributed by atoms with Gasteiger partial charge in [-0.15, -0.1) is 10.2 Å². The molecule has 1 heterocycles. The Hall–Kier alpha value is -1.62. The van der Waals surface area contributed by atoms with Gasteiger partial charge in [0.1, 0.15) is 10.8 Å². The molecule has 0 saturated heterocycles. The van der Waals surface area contributed by atoms with Gasteiger partial charge < -0.3 is 10.1 Å². The molecule has 0 saturated carbocycles. The Morgan fingerprint density at radius 1 is 1.21 bits per heavy atom. The zero-order valence-electron chi connectivity index (χ0n) is 11.5. The van der Waals surface area contributed by atoms with Gasteiger partial charge in [0.05, 0.1) is 6.10 Å². The van der Waals surface area contributed by atoms with E-state index in [1.807, 2.05) is 26.0 Å². The number of hydrogen-bond donors (Lipinski definition) is 1. The highest BCUT2D eigenvalue weighted by atomic mass is 32.1. The van der Waals surface area contributed by atoms with Crippen LogP contribution < -0.4 is 10.1 Å². The van der Waals surface area contributed by atoms with Crippen LogP contribution in [0.2, 0.25) is 0 Å². The summed E-state index contributed by atoms with van der Waals surface area (Å²) < 4.78 is 5.61. The molecule has 0 amide bonds. The maximum Gasteiger partial charge on any atom is 0.205 e. The first kappa shape index (κ1) is 13.8. The molecule has 19 heavy (non-hydrogen) atoms. The topological polar surface area (TPSA) is 47.0 Å². The second kappa shape index (κ2) is 6.52. The smallest absolute Gasteiger partial charge is 0.205 e. The second-order valence-electron chi connectivity index (χ2n) is 4.52. The quantitative estimate of drug-likeness (QED) is 0.878. The lowest BCUT2D eigenvalue weighted by molar-refractivity contribution is 0.242. The van der Waals surface area contributed by atoms with Crippen LogP contribution in [0, 0.1) is 0 Å². The summed E-state index contributed by atoms with van der Waals surface area (Å²) in [4.78, 5) is 0. The van der Waals surface area contributed by atoms with Crippen LogP contribution in [0.25, 0.3) is 0 Å². The van der Waals surface area contributed by atoms with Crippen molar-refractivity contribution in [2.24, 2.45) is 0 Å². The molecule has 0 spiro atoms. The third-order valence-corrected chi connectivity index (χ3v) is 3.53. The van der Waals surface area contributed by atoms with Crippen LogP contribution >= 0.6 is 11.3 Å². The van der Waals surface area contributed by atoms with Crippen LogP contribution in [0.15, 0.2) is 24.3 Å². The number of ether oxygens (including phenoxy) is 1. The number of hydrogen-bond acceptors (Lipinski definition) is 5. The Bertz CT molecular complexity index is 508. The van der Waals surface area contributed by atoms with Crippen molar-refractivity contribution in [1.29, 1.82) is 0 Å². The molecular formula is C14H19N3OS. The van der Waals surface area contributed by atoms with E-state index in [0.717, 1.165) is 28.9 Å². The van der Waals surface area contributed by atoms with Crippen LogP contribution in [-0.4, -0.2) is 16.3 Å². The summed E-state index contributed by atoms with van der Waals surface area (Å²) in [6.07, 6.45) is 1.14. The molecule has 5 heteroatoms. The molecule has 0 aliphatic carbocycles. The van der Waals surface area contributed by atoms with Crippen molar-refractivity contribution in [1.82, 2.24) is 10.2 Å². The van der Waals surface area contributed by atoms with Crippen molar-refractivity contribution in [2.45, 2.75) is 39.8 Å². The maximum atomic E-state index is 5.61.